The Labute approximate surface area is 200 Å². The first kappa shape index (κ1) is 26.8. The number of hydrogen-bond donors (Lipinski definition) is 5. The van der Waals surface area contributed by atoms with Crippen molar-refractivity contribution in [2.75, 3.05) is 24.8 Å². The number of rotatable bonds is 7. The van der Waals surface area contributed by atoms with Gasteiger partial charge in [0.25, 0.3) is 11.5 Å². The number of anilines is 3. The van der Waals surface area contributed by atoms with E-state index in [4.69, 9.17) is 5.11 Å². The molecule has 1 amide bonds. The molecule has 10 heteroatoms. The molecule has 0 aliphatic heterocycles. The van der Waals surface area contributed by atoms with Gasteiger partial charge in [-0.1, -0.05) is 45.4 Å². The molecule has 4 rings (SSSR count). The van der Waals surface area contributed by atoms with Crippen LogP contribution in [0, 0.1) is 0 Å². The first-order valence-electron chi connectivity index (χ1n) is 11.8. The van der Waals surface area contributed by atoms with E-state index in [-0.39, 0.29) is 17.5 Å². The predicted molar refractivity (Wildman–Crippen MR) is 136 cm³/mol. The summed E-state index contributed by atoms with van der Waals surface area (Å²) in [6, 6.07) is 5.15. The van der Waals surface area contributed by atoms with E-state index in [9.17, 15) is 9.59 Å². The molecule has 1 saturated carbocycles. The maximum absolute atomic E-state index is 12.6. The Morgan fingerprint density at radius 1 is 1.24 bits per heavy atom. The summed E-state index contributed by atoms with van der Waals surface area (Å²) in [6.45, 7) is 4.04. The standard InChI is InChI=1S/C18H23N7O2.C5H10.CH4O/c1-4-6-11(2)22-17(26)12-10-21-25-15(19-3)9-14(24-16(12)25)23-13-7-5-8-20-18(13)27;1-2-4-5-3-1;1-2/h5,7-11,19H,4,6H2,1-3H3,(H,20,27)(H,22,26)(H,23,24);1-5H2;2H,1H3/t11-;;/m1../s1. The number of fused-ring (bicyclic) bond motifs is 1. The second-order valence-corrected chi connectivity index (χ2v) is 8.04. The molecule has 10 nitrogen and oxygen atoms in total. The summed E-state index contributed by atoms with van der Waals surface area (Å²) in [7, 11) is 2.75. The van der Waals surface area contributed by atoms with Crippen molar-refractivity contribution in [1.29, 1.82) is 0 Å². The zero-order valence-electron chi connectivity index (χ0n) is 20.5. The number of pyridine rings is 1. The average molecular weight is 472 g/mol. The van der Waals surface area contributed by atoms with Crippen LogP contribution in [0.15, 0.2) is 35.4 Å². The third-order valence-corrected chi connectivity index (χ3v) is 5.40. The lowest BCUT2D eigenvalue weighted by molar-refractivity contribution is 0.0940. The fourth-order valence-corrected chi connectivity index (χ4v) is 3.71. The van der Waals surface area contributed by atoms with E-state index in [2.05, 4.69) is 37.9 Å². The number of aliphatic hydroxyl groups excluding tert-OH is 1. The Morgan fingerprint density at radius 3 is 2.50 bits per heavy atom. The number of hydrogen-bond acceptors (Lipinski definition) is 7. The highest BCUT2D eigenvalue weighted by atomic mass is 16.2. The third-order valence-electron chi connectivity index (χ3n) is 5.40. The van der Waals surface area contributed by atoms with Gasteiger partial charge in [0.05, 0.1) is 6.20 Å². The second-order valence-electron chi connectivity index (χ2n) is 8.04. The minimum Gasteiger partial charge on any atom is -0.400 e. The number of aromatic amines is 1. The van der Waals surface area contributed by atoms with Crippen LogP contribution in [0.4, 0.5) is 17.3 Å². The van der Waals surface area contributed by atoms with Crippen LogP contribution >= 0.6 is 0 Å². The van der Waals surface area contributed by atoms with Gasteiger partial charge < -0.3 is 26.0 Å². The highest BCUT2D eigenvalue weighted by molar-refractivity contribution is 6.00. The first-order chi connectivity index (χ1) is 16.5. The maximum Gasteiger partial charge on any atom is 0.271 e. The highest BCUT2D eigenvalue weighted by Crippen LogP contribution is 2.21. The monoisotopic (exact) mass is 471 g/mol. The third kappa shape index (κ3) is 7.31. The summed E-state index contributed by atoms with van der Waals surface area (Å²) in [5.74, 6) is 0.838. The molecule has 3 aromatic rings. The smallest absolute Gasteiger partial charge is 0.271 e. The van der Waals surface area contributed by atoms with Crippen molar-refractivity contribution >= 4 is 28.9 Å². The largest absolute Gasteiger partial charge is 0.400 e. The van der Waals surface area contributed by atoms with E-state index >= 15 is 0 Å². The Hall–Kier alpha value is -3.40. The van der Waals surface area contributed by atoms with Crippen LogP contribution in [0.5, 0.6) is 0 Å². The molecular formula is C24H37N7O3. The van der Waals surface area contributed by atoms with Gasteiger partial charge in [0.15, 0.2) is 5.65 Å². The fraction of sp³-hybridized carbons (Fsp3) is 0.500. The quantitative estimate of drug-likeness (QED) is 0.354. The number of carbonyl (C=O) groups is 1. The van der Waals surface area contributed by atoms with E-state index in [1.807, 2.05) is 6.92 Å². The minimum absolute atomic E-state index is 0.0606. The molecule has 186 valence electrons. The average Bonchev–Trinajstić information content (AvgIpc) is 3.55. The summed E-state index contributed by atoms with van der Waals surface area (Å²) >= 11 is 0. The van der Waals surface area contributed by atoms with Gasteiger partial charge >= 0.3 is 0 Å². The number of aliphatic hydroxyl groups is 1. The molecule has 1 fully saturated rings. The van der Waals surface area contributed by atoms with E-state index in [1.54, 1.807) is 36.0 Å². The molecule has 5 N–H and O–H groups in total. The second kappa shape index (κ2) is 14.0. The first-order valence-corrected chi connectivity index (χ1v) is 11.8. The Balaban J connectivity index is 0.000000507. The van der Waals surface area contributed by atoms with Gasteiger partial charge in [-0.2, -0.15) is 9.61 Å². The SMILES string of the molecule is C1CCCC1.CCC[C@@H](C)NC(=O)c1cnn2c(NC)cc(Nc3ccc[nH]c3=O)nc12.CO. The summed E-state index contributed by atoms with van der Waals surface area (Å²) in [6.07, 6.45) is 12.4. The lowest BCUT2D eigenvalue weighted by Crippen LogP contribution is -2.32. The number of carbonyl (C=O) groups excluding carboxylic acids is 1. The summed E-state index contributed by atoms with van der Waals surface area (Å²) in [5, 5.41) is 20.2. The van der Waals surface area contributed by atoms with Gasteiger partial charge in [0.2, 0.25) is 0 Å². The van der Waals surface area contributed by atoms with Crippen LogP contribution in [0.2, 0.25) is 0 Å². The molecule has 0 bridgehead atoms. The Kier molecular flexibility index (Phi) is 11.0. The molecule has 1 atom stereocenters. The molecule has 3 heterocycles. The van der Waals surface area contributed by atoms with Crippen molar-refractivity contribution in [2.24, 2.45) is 0 Å². The van der Waals surface area contributed by atoms with Crippen molar-refractivity contribution < 1.29 is 9.90 Å². The van der Waals surface area contributed by atoms with Crippen molar-refractivity contribution in [2.45, 2.75) is 64.8 Å². The number of aromatic nitrogens is 4. The van der Waals surface area contributed by atoms with E-state index in [0.29, 0.717) is 28.5 Å². The zero-order chi connectivity index (χ0) is 24.9. The van der Waals surface area contributed by atoms with Crippen LogP contribution in [-0.2, 0) is 0 Å². The zero-order valence-corrected chi connectivity index (χ0v) is 20.5. The molecule has 1 aliphatic rings. The molecule has 0 unspecified atom stereocenters. The maximum atomic E-state index is 12.6. The molecular weight excluding hydrogens is 434 g/mol. The topological polar surface area (TPSA) is 136 Å². The van der Waals surface area contributed by atoms with E-state index in [1.165, 1.54) is 38.3 Å². The fourth-order valence-electron chi connectivity index (χ4n) is 3.71. The van der Waals surface area contributed by atoms with Crippen LogP contribution in [0.3, 0.4) is 0 Å². The summed E-state index contributed by atoms with van der Waals surface area (Å²) in [5.41, 5.74) is 0.876. The van der Waals surface area contributed by atoms with Crippen molar-refractivity contribution in [3.8, 4) is 0 Å². The van der Waals surface area contributed by atoms with Gasteiger partial charge in [0.1, 0.15) is 22.9 Å². The molecule has 0 aromatic carbocycles. The molecule has 0 radical (unpaired) electrons. The molecule has 0 spiro atoms. The van der Waals surface area contributed by atoms with Gasteiger partial charge in [-0.15, -0.1) is 0 Å². The molecule has 0 saturated heterocycles. The van der Waals surface area contributed by atoms with Crippen LogP contribution in [0.1, 0.15) is 69.2 Å². The van der Waals surface area contributed by atoms with E-state index in [0.717, 1.165) is 20.0 Å². The normalized spacial score (nSPS) is 13.2. The lowest BCUT2D eigenvalue weighted by Gasteiger charge is -2.12. The van der Waals surface area contributed by atoms with Crippen LogP contribution in [-0.4, -0.2) is 50.8 Å². The molecule has 1 aliphatic carbocycles. The molecule has 3 aromatic heterocycles. The van der Waals surface area contributed by atoms with Crippen LogP contribution < -0.4 is 21.5 Å². The predicted octanol–water partition coefficient (Wildman–Crippen LogP) is 3.68. The number of nitrogens with zero attached hydrogens (tertiary/aromatic N) is 3. The van der Waals surface area contributed by atoms with Gasteiger partial charge in [-0.25, -0.2) is 4.98 Å². The Morgan fingerprint density at radius 2 is 1.91 bits per heavy atom. The van der Waals surface area contributed by atoms with E-state index < -0.39 is 0 Å². The lowest BCUT2D eigenvalue weighted by atomic mass is 10.2. The summed E-state index contributed by atoms with van der Waals surface area (Å²) < 4.78 is 1.56. The Bertz CT molecular complexity index is 1080. The summed E-state index contributed by atoms with van der Waals surface area (Å²) in [4.78, 5) is 31.6. The number of H-pyrrole nitrogens is 1. The number of amides is 1. The number of nitrogens with one attached hydrogen (secondary N) is 4. The van der Waals surface area contributed by atoms with Crippen molar-refractivity contribution in [1.82, 2.24) is 24.9 Å². The van der Waals surface area contributed by atoms with Gasteiger partial charge in [0, 0.05) is 32.5 Å². The van der Waals surface area contributed by atoms with Gasteiger partial charge in [-0.05, 0) is 25.5 Å². The van der Waals surface area contributed by atoms with Crippen molar-refractivity contribution in [3.05, 3.63) is 46.5 Å². The van der Waals surface area contributed by atoms with Crippen LogP contribution in [0.25, 0.3) is 5.65 Å². The highest BCUT2D eigenvalue weighted by Gasteiger charge is 2.18. The minimum atomic E-state index is -0.259. The van der Waals surface area contributed by atoms with Crippen molar-refractivity contribution in [3.63, 3.8) is 0 Å². The van der Waals surface area contributed by atoms with Gasteiger partial charge in [-0.3, -0.25) is 9.59 Å². The molecule has 34 heavy (non-hydrogen) atoms.